The number of aliphatic hydroxyl groups excluding tert-OH is 1. The van der Waals surface area contributed by atoms with Crippen LogP contribution in [-0.2, 0) is 6.61 Å². The highest BCUT2D eigenvalue weighted by molar-refractivity contribution is 5.50. The Hall–Kier alpha value is -1.13. The van der Waals surface area contributed by atoms with Crippen molar-refractivity contribution in [1.82, 2.24) is 4.90 Å². The van der Waals surface area contributed by atoms with Crippen LogP contribution in [0.4, 0.5) is 10.1 Å². The van der Waals surface area contributed by atoms with Gasteiger partial charge in [-0.2, -0.15) is 0 Å². The lowest BCUT2D eigenvalue weighted by Crippen LogP contribution is -2.57. The highest BCUT2D eigenvalue weighted by atomic mass is 19.1. The predicted octanol–water partition coefficient (Wildman–Crippen LogP) is 1.85. The van der Waals surface area contributed by atoms with Gasteiger partial charge in [-0.05, 0) is 44.7 Å². The van der Waals surface area contributed by atoms with Gasteiger partial charge < -0.3 is 10.0 Å². The molecule has 0 aliphatic carbocycles. The molecule has 0 amide bonds. The molecule has 1 aromatic rings. The SMILES string of the molecule is CN1CCN(c2cc(F)cc(CO)c2)CC1(C)C. The van der Waals surface area contributed by atoms with E-state index in [1.165, 1.54) is 6.07 Å². The van der Waals surface area contributed by atoms with Crippen LogP contribution in [0.25, 0.3) is 0 Å². The van der Waals surface area contributed by atoms with Crippen molar-refractivity contribution in [3.63, 3.8) is 0 Å². The lowest BCUT2D eigenvalue weighted by molar-refractivity contribution is 0.139. The van der Waals surface area contributed by atoms with Gasteiger partial charge in [0.15, 0.2) is 0 Å². The Morgan fingerprint density at radius 1 is 1.28 bits per heavy atom. The van der Waals surface area contributed by atoms with E-state index in [4.69, 9.17) is 5.11 Å². The largest absolute Gasteiger partial charge is 0.392 e. The minimum atomic E-state index is -0.284. The number of benzene rings is 1. The van der Waals surface area contributed by atoms with E-state index in [-0.39, 0.29) is 18.0 Å². The van der Waals surface area contributed by atoms with E-state index in [0.29, 0.717) is 5.56 Å². The smallest absolute Gasteiger partial charge is 0.125 e. The summed E-state index contributed by atoms with van der Waals surface area (Å²) in [5.74, 6) is -0.284. The predicted molar refractivity (Wildman–Crippen MR) is 71.2 cm³/mol. The number of anilines is 1. The quantitative estimate of drug-likeness (QED) is 0.870. The molecule has 100 valence electrons. The zero-order valence-electron chi connectivity index (χ0n) is 11.3. The number of hydrogen-bond acceptors (Lipinski definition) is 3. The maximum Gasteiger partial charge on any atom is 0.125 e. The monoisotopic (exact) mass is 252 g/mol. The van der Waals surface area contributed by atoms with Gasteiger partial charge in [-0.15, -0.1) is 0 Å². The molecule has 1 N–H and O–H groups in total. The van der Waals surface area contributed by atoms with Crippen LogP contribution in [0.1, 0.15) is 19.4 Å². The van der Waals surface area contributed by atoms with Gasteiger partial charge in [0.1, 0.15) is 5.82 Å². The summed E-state index contributed by atoms with van der Waals surface area (Å²) < 4.78 is 13.5. The van der Waals surface area contributed by atoms with Crippen molar-refractivity contribution in [1.29, 1.82) is 0 Å². The summed E-state index contributed by atoms with van der Waals surface area (Å²) in [4.78, 5) is 4.50. The third kappa shape index (κ3) is 2.65. The Labute approximate surface area is 108 Å². The maximum atomic E-state index is 13.5. The van der Waals surface area contributed by atoms with Gasteiger partial charge in [-0.3, -0.25) is 4.90 Å². The Bertz CT molecular complexity index is 434. The number of aliphatic hydroxyl groups is 1. The Morgan fingerprint density at radius 3 is 2.61 bits per heavy atom. The molecule has 0 bridgehead atoms. The molecule has 3 nitrogen and oxygen atoms in total. The second-order valence-corrected chi connectivity index (χ2v) is 5.63. The first-order valence-corrected chi connectivity index (χ1v) is 6.29. The molecule has 1 aliphatic rings. The third-order valence-electron chi connectivity index (χ3n) is 3.81. The highest BCUT2D eigenvalue weighted by Crippen LogP contribution is 2.26. The molecule has 0 radical (unpaired) electrons. The molecule has 0 saturated carbocycles. The van der Waals surface area contributed by atoms with E-state index in [1.807, 2.05) is 6.07 Å². The zero-order chi connectivity index (χ0) is 13.3. The van der Waals surface area contributed by atoms with Gasteiger partial charge in [-0.1, -0.05) is 0 Å². The van der Waals surface area contributed by atoms with Crippen molar-refractivity contribution in [2.45, 2.75) is 26.0 Å². The number of halogens is 1. The lowest BCUT2D eigenvalue weighted by atomic mass is 9.99. The number of likely N-dealkylation sites (N-methyl/N-ethyl adjacent to an activating group) is 1. The molecule has 1 fully saturated rings. The van der Waals surface area contributed by atoms with Crippen molar-refractivity contribution in [3.8, 4) is 0 Å². The summed E-state index contributed by atoms with van der Waals surface area (Å²) in [5, 5.41) is 9.14. The molecule has 0 aromatic heterocycles. The standard InChI is InChI=1S/C14H21FN2O/c1-14(2)10-17(5-4-16(14)3)13-7-11(9-18)6-12(15)8-13/h6-8,18H,4-5,9-10H2,1-3H3. The summed E-state index contributed by atoms with van der Waals surface area (Å²) in [5.41, 5.74) is 1.56. The van der Waals surface area contributed by atoms with E-state index >= 15 is 0 Å². The van der Waals surface area contributed by atoms with Crippen LogP contribution in [0.2, 0.25) is 0 Å². The fourth-order valence-electron chi connectivity index (χ4n) is 2.37. The zero-order valence-corrected chi connectivity index (χ0v) is 11.3. The van der Waals surface area contributed by atoms with Crippen molar-refractivity contribution in [2.75, 3.05) is 31.6 Å². The summed E-state index contributed by atoms with van der Waals surface area (Å²) in [7, 11) is 2.11. The van der Waals surface area contributed by atoms with E-state index in [9.17, 15) is 4.39 Å². The molecule has 18 heavy (non-hydrogen) atoms. The van der Waals surface area contributed by atoms with Crippen LogP contribution >= 0.6 is 0 Å². The Morgan fingerprint density at radius 2 is 2.00 bits per heavy atom. The fourth-order valence-corrected chi connectivity index (χ4v) is 2.37. The van der Waals surface area contributed by atoms with Gasteiger partial charge in [0.25, 0.3) is 0 Å². The molecule has 0 unspecified atom stereocenters. The number of piperazine rings is 1. The highest BCUT2D eigenvalue weighted by Gasteiger charge is 2.31. The van der Waals surface area contributed by atoms with E-state index < -0.39 is 0 Å². The first kappa shape index (κ1) is 13.3. The lowest BCUT2D eigenvalue weighted by Gasteiger charge is -2.46. The summed E-state index contributed by atoms with van der Waals surface area (Å²) in [6, 6.07) is 4.79. The number of rotatable bonds is 2. The van der Waals surface area contributed by atoms with Gasteiger partial charge >= 0.3 is 0 Å². The van der Waals surface area contributed by atoms with Crippen LogP contribution in [-0.4, -0.2) is 42.2 Å². The topological polar surface area (TPSA) is 26.7 Å². The van der Waals surface area contributed by atoms with Crippen molar-refractivity contribution >= 4 is 5.69 Å². The van der Waals surface area contributed by atoms with Gasteiger partial charge in [0.2, 0.25) is 0 Å². The van der Waals surface area contributed by atoms with Crippen molar-refractivity contribution in [2.24, 2.45) is 0 Å². The molecule has 1 heterocycles. The second kappa shape index (κ2) is 4.86. The molecule has 0 spiro atoms. The third-order valence-corrected chi connectivity index (χ3v) is 3.81. The number of hydrogen-bond donors (Lipinski definition) is 1. The molecule has 2 rings (SSSR count). The Kier molecular flexibility index (Phi) is 3.59. The second-order valence-electron chi connectivity index (χ2n) is 5.63. The molecule has 0 atom stereocenters. The van der Waals surface area contributed by atoms with Gasteiger partial charge in [-0.25, -0.2) is 4.39 Å². The van der Waals surface area contributed by atoms with Crippen LogP contribution < -0.4 is 4.90 Å². The maximum absolute atomic E-state index is 13.5. The molecular formula is C14H21FN2O. The summed E-state index contributed by atoms with van der Waals surface area (Å²) >= 11 is 0. The average molecular weight is 252 g/mol. The Balaban J connectivity index is 2.24. The first-order valence-electron chi connectivity index (χ1n) is 6.29. The molecular weight excluding hydrogens is 231 g/mol. The molecule has 1 aliphatic heterocycles. The average Bonchev–Trinajstić information content (AvgIpc) is 2.31. The van der Waals surface area contributed by atoms with Crippen LogP contribution in [0, 0.1) is 5.82 Å². The first-order chi connectivity index (χ1) is 8.42. The van der Waals surface area contributed by atoms with E-state index in [0.717, 1.165) is 25.3 Å². The van der Waals surface area contributed by atoms with E-state index in [1.54, 1.807) is 6.07 Å². The van der Waals surface area contributed by atoms with Crippen LogP contribution in [0.3, 0.4) is 0 Å². The minimum Gasteiger partial charge on any atom is -0.392 e. The normalized spacial score (nSPS) is 20.2. The van der Waals surface area contributed by atoms with Gasteiger partial charge in [0.05, 0.1) is 6.61 Å². The van der Waals surface area contributed by atoms with Crippen molar-refractivity contribution < 1.29 is 9.50 Å². The summed E-state index contributed by atoms with van der Waals surface area (Å²) in [6.07, 6.45) is 0. The van der Waals surface area contributed by atoms with E-state index in [2.05, 4.69) is 30.7 Å². The van der Waals surface area contributed by atoms with Gasteiger partial charge in [0, 0.05) is 30.9 Å². The van der Waals surface area contributed by atoms with Crippen LogP contribution in [0.15, 0.2) is 18.2 Å². The summed E-state index contributed by atoms with van der Waals surface area (Å²) in [6.45, 7) is 6.95. The molecule has 1 saturated heterocycles. The van der Waals surface area contributed by atoms with Crippen molar-refractivity contribution in [3.05, 3.63) is 29.6 Å². The molecule has 4 heteroatoms. The number of nitrogens with zero attached hydrogens (tertiary/aromatic N) is 2. The van der Waals surface area contributed by atoms with Crippen LogP contribution in [0.5, 0.6) is 0 Å². The minimum absolute atomic E-state index is 0.0734. The molecule has 1 aromatic carbocycles. The fraction of sp³-hybridized carbons (Fsp3) is 0.571.